The van der Waals surface area contributed by atoms with Crippen molar-refractivity contribution in [2.24, 2.45) is 0 Å². The van der Waals surface area contributed by atoms with Crippen molar-refractivity contribution in [3.05, 3.63) is 47.2 Å². The van der Waals surface area contributed by atoms with Crippen LogP contribution in [0, 0.1) is 0 Å². The van der Waals surface area contributed by atoms with Crippen LogP contribution >= 0.6 is 11.6 Å². The van der Waals surface area contributed by atoms with E-state index >= 15 is 0 Å². The summed E-state index contributed by atoms with van der Waals surface area (Å²) >= 11 is 5.73. The van der Waals surface area contributed by atoms with Crippen molar-refractivity contribution in [2.45, 2.75) is 0 Å². The summed E-state index contributed by atoms with van der Waals surface area (Å²) in [6.07, 6.45) is 1.54. The highest BCUT2D eigenvalue weighted by molar-refractivity contribution is 6.31. The molecule has 100 valence electrons. The zero-order valence-electron chi connectivity index (χ0n) is 10.0. The first kappa shape index (κ1) is 13.5. The molecule has 5 nitrogen and oxygen atoms in total. The average molecular weight is 281 g/mol. The Balaban J connectivity index is 1.97. The van der Waals surface area contributed by atoms with Gasteiger partial charge in [-0.15, -0.1) is 0 Å². The van der Waals surface area contributed by atoms with E-state index in [1.54, 1.807) is 36.5 Å². The van der Waals surface area contributed by atoms with Gasteiger partial charge in [0.25, 0.3) is 5.91 Å². The van der Waals surface area contributed by atoms with Crippen molar-refractivity contribution in [3.63, 3.8) is 0 Å². The van der Waals surface area contributed by atoms with Gasteiger partial charge in [0.15, 0.2) is 0 Å². The van der Waals surface area contributed by atoms with Crippen molar-refractivity contribution < 1.29 is 14.6 Å². The Morgan fingerprint density at radius 3 is 2.68 bits per heavy atom. The Kier molecular flexibility index (Phi) is 4.43. The van der Waals surface area contributed by atoms with Gasteiger partial charge in [-0.2, -0.15) is 0 Å². The highest BCUT2D eigenvalue weighted by Crippen LogP contribution is 2.17. The van der Waals surface area contributed by atoms with E-state index in [0.29, 0.717) is 22.2 Å². The van der Waals surface area contributed by atoms with Gasteiger partial charge in [-0.25, -0.2) is 0 Å². The molecule has 1 aromatic heterocycles. The summed E-state index contributed by atoms with van der Waals surface area (Å²) in [6.45, 7) is 0.207. The fraction of sp³-hybridized carbons (Fsp3) is 0.154. The third-order valence-electron chi connectivity index (χ3n) is 2.36. The summed E-state index contributed by atoms with van der Waals surface area (Å²) < 4.78 is 5.22. The van der Waals surface area contributed by atoms with Gasteiger partial charge in [0.05, 0.1) is 11.6 Å². The van der Waals surface area contributed by atoms with Crippen LogP contribution in [0.2, 0.25) is 5.02 Å². The van der Waals surface area contributed by atoms with Crippen molar-refractivity contribution in [1.82, 2.24) is 4.98 Å². The van der Waals surface area contributed by atoms with Crippen LogP contribution in [0.25, 0.3) is 0 Å². The second kappa shape index (κ2) is 6.26. The molecule has 0 bridgehead atoms. The summed E-state index contributed by atoms with van der Waals surface area (Å²) in [7, 11) is 0. The number of hydrogen-bond acceptors (Lipinski definition) is 3. The van der Waals surface area contributed by atoms with Gasteiger partial charge in [-0.1, -0.05) is 11.6 Å². The van der Waals surface area contributed by atoms with Gasteiger partial charge < -0.3 is 20.1 Å². The lowest BCUT2D eigenvalue weighted by Gasteiger charge is -2.06. The molecule has 0 aliphatic rings. The number of nitrogens with one attached hydrogen (secondary N) is 2. The Labute approximate surface area is 115 Å². The molecular weight excluding hydrogens is 268 g/mol. The number of aliphatic hydroxyl groups excluding tert-OH is 1. The minimum atomic E-state index is -0.268. The van der Waals surface area contributed by atoms with Gasteiger partial charge in [-0.3, -0.25) is 4.79 Å². The number of rotatable bonds is 5. The predicted molar refractivity (Wildman–Crippen MR) is 72.8 cm³/mol. The smallest absolute Gasteiger partial charge is 0.272 e. The van der Waals surface area contributed by atoms with Crippen LogP contribution in [-0.2, 0) is 0 Å². The van der Waals surface area contributed by atoms with Crippen molar-refractivity contribution in [2.75, 3.05) is 18.5 Å². The minimum Gasteiger partial charge on any atom is -0.491 e. The normalized spacial score (nSPS) is 10.2. The first-order chi connectivity index (χ1) is 9.19. The molecule has 19 heavy (non-hydrogen) atoms. The molecule has 0 saturated heterocycles. The first-order valence-corrected chi connectivity index (χ1v) is 6.06. The van der Waals surface area contributed by atoms with E-state index in [9.17, 15) is 4.79 Å². The maximum atomic E-state index is 11.8. The largest absolute Gasteiger partial charge is 0.491 e. The topological polar surface area (TPSA) is 74.3 Å². The molecule has 1 heterocycles. The van der Waals surface area contributed by atoms with Crippen LogP contribution in [0.3, 0.4) is 0 Å². The molecule has 0 aliphatic carbocycles. The van der Waals surface area contributed by atoms with Gasteiger partial charge in [0.2, 0.25) is 0 Å². The number of aromatic nitrogens is 1. The lowest BCUT2D eigenvalue weighted by Crippen LogP contribution is -2.12. The molecule has 0 aliphatic heterocycles. The molecule has 0 saturated carbocycles. The van der Waals surface area contributed by atoms with Crippen LogP contribution < -0.4 is 10.1 Å². The summed E-state index contributed by atoms with van der Waals surface area (Å²) in [5.41, 5.74) is 1.04. The van der Waals surface area contributed by atoms with Crippen molar-refractivity contribution in [3.8, 4) is 5.75 Å². The molecule has 6 heteroatoms. The highest BCUT2D eigenvalue weighted by Gasteiger charge is 2.08. The molecule has 0 fully saturated rings. The summed E-state index contributed by atoms with van der Waals surface area (Å²) in [6, 6.07) is 8.42. The first-order valence-electron chi connectivity index (χ1n) is 5.68. The molecule has 0 spiro atoms. The van der Waals surface area contributed by atoms with E-state index in [0.717, 1.165) is 0 Å². The molecule has 1 aromatic carbocycles. The molecule has 0 radical (unpaired) electrons. The molecule has 0 unspecified atom stereocenters. The fourth-order valence-corrected chi connectivity index (χ4v) is 1.66. The molecule has 2 aromatic rings. The van der Waals surface area contributed by atoms with E-state index in [4.69, 9.17) is 21.4 Å². The number of amides is 1. The van der Waals surface area contributed by atoms with E-state index in [1.807, 2.05) is 0 Å². The number of halogens is 1. The average Bonchev–Trinajstić information content (AvgIpc) is 2.85. The molecule has 0 atom stereocenters. The number of H-pyrrole nitrogens is 1. The standard InChI is InChI=1S/C13H13ClN2O3/c14-9-7-12(15-8-9)13(18)16-10-1-3-11(4-2-10)19-6-5-17/h1-4,7-8,15,17H,5-6H2,(H,16,18). The Morgan fingerprint density at radius 1 is 1.37 bits per heavy atom. The van der Waals surface area contributed by atoms with E-state index in [1.165, 1.54) is 0 Å². The van der Waals surface area contributed by atoms with E-state index in [-0.39, 0.29) is 19.1 Å². The van der Waals surface area contributed by atoms with Crippen LogP contribution in [0.1, 0.15) is 10.5 Å². The summed E-state index contributed by atoms with van der Waals surface area (Å²) in [5.74, 6) is 0.367. The number of aromatic amines is 1. The molecule has 1 amide bonds. The summed E-state index contributed by atoms with van der Waals surface area (Å²) in [5, 5.41) is 11.8. The number of carbonyl (C=O) groups excluding carboxylic acids is 1. The Bertz CT molecular complexity index is 551. The lowest BCUT2D eigenvalue weighted by molar-refractivity contribution is 0.102. The van der Waals surface area contributed by atoms with Crippen molar-refractivity contribution >= 4 is 23.2 Å². The summed E-state index contributed by atoms with van der Waals surface area (Å²) in [4.78, 5) is 14.6. The third-order valence-corrected chi connectivity index (χ3v) is 2.58. The number of ether oxygens (including phenoxy) is 1. The number of hydrogen-bond donors (Lipinski definition) is 3. The Morgan fingerprint density at radius 2 is 2.11 bits per heavy atom. The molecule has 2 rings (SSSR count). The zero-order valence-corrected chi connectivity index (χ0v) is 10.8. The quantitative estimate of drug-likeness (QED) is 0.787. The van der Waals surface area contributed by atoms with Gasteiger partial charge in [0, 0.05) is 11.9 Å². The van der Waals surface area contributed by atoms with Gasteiger partial charge >= 0.3 is 0 Å². The predicted octanol–water partition coefficient (Wildman–Crippen LogP) is 2.29. The molecule has 3 N–H and O–H groups in total. The fourth-order valence-electron chi connectivity index (χ4n) is 1.50. The third kappa shape index (κ3) is 3.74. The second-order valence-corrected chi connectivity index (χ2v) is 4.22. The Hall–Kier alpha value is -1.98. The van der Waals surface area contributed by atoms with E-state index < -0.39 is 0 Å². The zero-order chi connectivity index (χ0) is 13.7. The highest BCUT2D eigenvalue weighted by atomic mass is 35.5. The second-order valence-electron chi connectivity index (χ2n) is 3.78. The molecular formula is C13H13ClN2O3. The maximum absolute atomic E-state index is 11.8. The van der Waals surface area contributed by atoms with Crippen LogP contribution in [-0.4, -0.2) is 29.2 Å². The van der Waals surface area contributed by atoms with E-state index in [2.05, 4.69) is 10.3 Å². The van der Waals surface area contributed by atoms with Gasteiger partial charge in [-0.05, 0) is 30.3 Å². The van der Waals surface area contributed by atoms with Crippen molar-refractivity contribution in [1.29, 1.82) is 0 Å². The minimum absolute atomic E-state index is 0.0356. The SMILES string of the molecule is O=C(Nc1ccc(OCCO)cc1)c1cc(Cl)c[nH]1. The van der Waals surface area contributed by atoms with Crippen LogP contribution in [0.15, 0.2) is 36.5 Å². The van der Waals surface area contributed by atoms with Crippen LogP contribution in [0.4, 0.5) is 5.69 Å². The number of benzene rings is 1. The lowest BCUT2D eigenvalue weighted by atomic mass is 10.3. The monoisotopic (exact) mass is 280 g/mol. The maximum Gasteiger partial charge on any atom is 0.272 e. The number of anilines is 1. The number of aliphatic hydroxyl groups is 1. The van der Waals surface area contributed by atoms with Gasteiger partial charge in [0.1, 0.15) is 18.1 Å². The number of carbonyl (C=O) groups is 1. The van der Waals surface area contributed by atoms with Crippen LogP contribution in [0.5, 0.6) is 5.75 Å².